The molecule has 2 atom stereocenters. The minimum Gasteiger partial charge on any atom is -0.352 e. The van der Waals surface area contributed by atoms with E-state index in [1.807, 2.05) is 75.4 Å². The molecule has 0 spiro atoms. The Morgan fingerprint density at radius 1 is 1.03 bits per heavy atom. The summed E-state index contributed by atoms with van der Waals surface area (Å²) in [6, 6.07) is 17.3. The molecular weight excluding hydrogens is 428 g/mol. The Morgan fingerprint density at radius 2 is 1.72 bits per heavy atom. The molecule has 0 aliphatic rings. The topological polar surface area (TPSA) is 49.4 Å². The van der Waals surface area contributed by atoms with Gasteiger partial charge in [-0.15, -0.1) is 0 Å². The first-order valence-electron chi connectivity index (χ1n) is 10.3. The van der Waals surface area contributed by atoms with Crippen LogP contribution in [0.1, 0.15) is 51.2 Å². The van der Waals surface area contributed by atoms with Crippen LogP contribution in [-0.2, 0) is 22.6 Å². The van der Waals surface area contributed by atoms with E-state index in [0.29, 0.717) is 19.4 Å². The number of nitrogens with one attached hydrogen (secondary N) is 1. The third kappa shape index (κ3) is 7.32. The van der Waals surface area contributed by atoms with E-state index in [9.17, 15) is 9.59 Å². The molecule has 0 bridgehead atoms. The van der Waals surface area contributed by atoms with Crippen molar-refractivity contribution in [3.8, 4) is 0 Å². The highest BCUT2D eigenvalue weighted by Gasteiger charge is 2.30. The van der Waals surface area contributed by atoms with Crippen LogP contribution >= 0.6 is 15.9 Å². The van der Waals surface area contributed by atoms with Gasteiger partial charge in [0, 0.05) is 29.9 Å². The fourth-order valence-corrected chi connectivity index (χ4v) is 3.63. The summed E-state index contributed by atoms with van der Waals surface area (Å²) >= 11 is 3.50. The summed E-state index contributed by atoms with van der Waals surface area (Å²) in [6.07, 6.45) is 2.51. The zero-order chi connectivity index (χ0) is 21.2. The summed E-state index contributed by atoms with van der Waals surface area (Å²) < 4.78 is 0.960. The number of carbonyl (C=O) groups is 2. The van der Waals surface area contributed by atoms with Gasteiger partial charge in [-0.05, 0) is 43.0 Å². The number of nitrogens with zero attached hydrogens (tertiary/aromatic N) is 1. The number of amides is 2. The van der Waals surface area contributed by atoms with E-state index < -0.39 is 6.04 Å². The van der Waals surface area contributed by atoms with Gasteiger partial charge >= 0.3 is 0 Å². The van der Waals surface area contributed by atoms with Crippen molar-refractivity contribution in [1.82, 2.24) is 10.2 Å². The van der Waals surface area contributed by atoms with Gasteiger partial charge in [-0.25, -0.2) is 0 Å². The lowest BCUT2D eigenvalue weighted by molar-refractivity contribution is -0.141. The number of hydrogen-bond donors (Lipinski definition) is 1. The molecule has 5 heteroatoms. The molecule has 156 valence electrons. The highest BCUT2D eigenvalue weighted by atomic mass is 79.9. The Kier molecular flexibility index (Phi) is 9.39. The molecule has 2 amide bonds. The summed E-state index contributed by atoms with van der Waals surface area (Å²) in [6.45, 7) is 6.42. The SMILES string of the molecule is CCCC(=O)N(Cc1cccc(Br)c1)[C@H](Cc1ccccc1)C(=O)N[C@@H](C)CC. The van der Waals surface area contributed by atoms with E-state index in [0.717, 1.165) is 28.4 Å². The van der Waals surface area contributed by atoms with Crippen LogP contribution in [-0.4, -0.2) is 28.8 Å². The normalized spacial score (nSPS) is 12.8. The van der Waals surface area contributed by atoms with Crippen LogP contribution in [0.25, 0.3) is 0 Å². The number of halogens is 1. The lowest BCUT2D eigenvalue weighted by Gasteiger charge is -2.32. The molecule has 4 nitrogen and oxygen atoms in total. The first kappa shape index (κ1) is 23.1. The molecule has 0 saturated carbocycles. The Balaban J connectivity index is 2.37. The van der Waals surface area contributed by atoms with Crippen LogP contribution < -0.4 is 5.32 Å². The molecule has 2 aromatic rings. The summed E-state index contributed by atoms with van der Waals surface area (Å²) in [5, 5.41) is 3.08. The molecule has 29 heavy (non-hydrogen) atoms. The van der Waals surface area contributed by atoms with Crippen LogP contribution in [0.4, 0.5) is 0 Å². The fraction of sp³-hybridized carbons (Fsp3) is 0.417. The second-order valence-corrected chi connectivity index (χ2v) is 8.34. The third-order valence-electron chi connectivity index (χ3n) is 4.98. The summed E-state index contributed by atoms with van der Waals surface area (Å²) in [5.41, 5.74) is 2.04. The molecule has 2 aromatic carbocycles. The van der Waals surface area contributed by atoms with Gasteiger partial charge in [-0.2, -0.15) is 0 Å². The van der Waals surface area contributed by atoms with Crippen molar-refractivity contribution in [1.29, 1.82) is 0 Å². The largest absolute Gasteiger partial charge is 0.352 e. The summed E-state index contributed by atoms with van der Waals surface area (Å²) in [7, 11) is 0. The minimum absolute atomic E-state index is 0.00714. The van der Waals surface area contributed by atoms with Gasteiger partial charge in [0.1, 0.15) is 6.04 Å². The zero-order valence-electron chi connectivity index (χ0n) is 17.5. The van der Waals surface area contributed by atoms with Crippen LogP contribution in [0, 0.1) is 0 Å². The second kappa shape index (κ2) is 11.8. The number of rotatable bonds is 10. The average Bonchev–Trinajstić information content (AvgIpc) is 2.71. The quantitative estimate of drug-likeness (QED) is 0.537. The van der Waals surface area contributed by atoms with Gasteiger partial charge in [0.2, 0.25) is 11.8 Å². The van der Waals surface area contributed by atoms with Crippen molar-refractivity contribution < 1.29 is 9.59 Å². The average molecular weight is 459 g/mol. The van der Waals surface area contributed by atoms with Gasteiger partial charge in [-0.1, -0.05) is 72.2 Å². The maximum absolute atomic E-state index is 13.2. The van der Waals surface area contributed by atoms with Gasteiger partial charge in [0.25, 0.3) is 0 Å². The second-order valence-electron chi connectivity index (χ2n) is 7.42. The molecule has 0 saturated heterocycles. The molecule has 0 aromatic heterocycles. The van der Waals surface area contributed by atoms with E-state index in [2.05, 4.69) is 21.2 Å². The maximum atomic E-state index is 13.2. The van der Waals surface area contributed by atoms with Crippen molar-refractivity contribution in [3.05, 3.63) is 70.2 Å². The molecule has 0 aliphatic carbocycles. The van der Waals surface area contributed by atoms with E-state index in [4.69, 9.17) is 0 Å². The minimum atomic E-state index is -0.551. The van der Waals surface area contributed by atoms with Crippen molar-refractivity contribution in [2.75, 3.05) is 0 Å². The monoisotopic (exact) mass is 458 g/mol. The van der Waals surface area contributed by atoms with E-state index >= 15 is 0 Å². The predicted octanol–water partition coefficient (Wildman–Crippen LogP) is 5.10. The van der Waals surface area contributed by atoms with Crippen molar-refractivity contribution in [2.24, 2.45) is 0 Å². The number of benzene rings is 2. The Hall–Kier alpha value is -2.14. The third-order valence-corrected chi connectivity index (χ3v) is 5.47. The molecule has 0 radical (unpaired) electrons. The maximum Gasteiger partial charge on any atom is 0.243 e. The highest BCUT2D eigenvalue weighted by Crippen LogP contribution is 2.19. The van der Waals surface area contributed by atoms with Crippen molar-refractivity contribution >= 4 is 27.7 Å². The molecule has 2 rings (SSSR count). The van der Waals surface area contributed by atoms with Crippen molar-refractivity contribution in [3.63, 3.8) is 0 Å². The van der Waals surface area contributed by atoms with Crippen LogP contribution in [0.3, 0.4) is 0 Å². The number of hydrogen-bond acceptors (Lipinski definition) is 2. The van der Waals surface area contributed by atoms with E-state index in [-0.39, 0.29) is 17.9 Å². The highest BCUT2D eigenvalue weighted by molar-refractivity contribution is 9.10. The van der Waals surface area contributed by atoms with Crippen LogP contribution in [0.15, 0.2) is 59.1 Å². The molecule has 0 unspecified atom stereocenters. The first-order valence-corrected chi connectivity index (χ1v) is 11.1. The first-order chi connectivity index (χ1) is 13.9. The van der Waals surface area contributed by atoms with Gasteiger partial charge in [-0.3, -0.25) is 9.59 Å². The molecular formula is C24H31BrN2O2. The smallest absolute Gasteiger partial charge is 0.243 e. The van der Waals surface area contributed by atoms with Crippen LogP contribution in [0.2, 0.25) is 0 Å². The van der Waals surface area contributed by atoms with Crippen LogP contribution in [0.5, 0.6) is 0 Å². The molecule has 0 fully saturated rings. The zero-order valence-corrected chi connectivity index (χ0v) is 19.1. The van der Waals surface area contributed by atoms with Gasteiger partial charge < -0.3 is 10.2 Å². The van der Waals surface area contributed by atoms with Crippen molar-refractivity contribution in [2.45, 2.75) is 65.1 Å². The number of carbonyl (C=O) groups excluding carboxylic acids is 2. The summed E-state index contributed by atoms with van der Waals surface area (Å²) in [5.74, 6) is -0.0876. The lowest BCUT2D eigenvalue weighted by atomic mass is 10.0. The lowest BCUT2D eigenvalue weighted by Crippen LogP contribution is -2.52. The predicted molar refractivity (Wildman–Crippen MR) is 121 cm³/mol. The van der Waals surface area contributed by atoms with Gasteiger partial charge in [0.05, 0.1) is 0 Å². The molecule has 1 N–H and O–H groups in total. The van der Waals surface area contributed by atoms with E-state index in [1.165, 1.54) is 0 Å². The Bertz CT molecular complexity index is 794. The standard InChI is InChI=1S/C24H31BrN2O2/c1-4-10-23(28)27(17-20-13-9-14-21(25)15-20)22(24(29)26-18(3)5-2)16-19-11-7-6-8-12-19/h6-9,11-15,18,22H,4-5,10,16-17H2,1-3H3,(H,26,29)/t18-,22+/m0/s1. The Morgan fingerprint density at radius 3 is 2.34 bits per heavy atom. The van der Waals surface area contributed by atoms with E-state index in [1.54, 1.807) is 4.90 Å². The Labute approximate surface area is 182 Å². The fourth-order valence-electron chi connectivity index (χ4n) is 3.18. The summed E-state index contributed by atoms with van der Waals surface area (Å²) in [4.78, 5) is 28.0. The molecule has 0 heterocycles. The van der Waals surface area contributed by atoms with Gasteiger partial charge in [0.15, 0.2) is 0 Å². The molecule has 0 aliphatic heterocycles.